The Hall–Kier alpha value is -0.860. The van der Waals surface area contributed by atoms with Crippen LogP contribution < -0.4 is 0 Å². The Kier molecular flexibility index (Phi) is 4.19. The molecule has 1 unspecified atom stereocenters. The zero-order valence-corrected chi connectivity index (χ0v) is 11.4. The molecule has 0 aliphatic heterocycles. The first-order valence-electron chi connectivity index (χ1n) is 5.30. The van der Waals surface area contributed by atoms with Crippen LogP contribution in [0.3, 0.4) is 0 Å². The van der Waals surface area contributed by atoms with Gasteiger partial charge < -0.3 is 0 Å². The Morgan fingerprint density at radius 2 is 1.82 bits per heavy atom. The quantitative estimate of drug-likeness (QED) is 0.691. The maximum atomic E-state index is 13.4. The van der Waals surface area contributed by atoms with Gasteiger partial charge in [-0.2, -0.15) is 0 Å². The molecule has 0 aliphatic carbocycles. The molecule has 0 aromatic heterocycles. The average Bonchev–Trinajstić information content (AvgIpc) is 2.34. The molecule has 2 aromatic rings. The van der Waals surface area contributed by atoms with Gasteiger partial charge >= 0.3 is 0 Å². The van der Waals surface area contributed by atoms with Crippen LogP contribution in [-0.4, -0.2) is 0 Å². The van der Waals surface area contributed by atoms with Crippen molar-refractivity contribution in [2.75, 3.05) is 0 Å². The maximum absolute atomic E-state index is 13.4. The molecule has 0 radical (unpaired) electrons. The van der Waals surface area contributed by atoms with Crippen LogP contribution in [0.15, 0.2) is 53.0 Å². The summed E-state index contributed by atoms with van der Waals surface area (Å²) in [5.41, 5.74) is 1.95. The highest BCUT2D eigenvalue weighted by molar-refractivity contribution is 9.10. The van der Waals surface area contributed by atoms with Gasteiger partial charge in [-0.3, -0.25) is 0 Å². The second kappa shape index (κ2) is 5.65. The second-order valence-electron chi connectivity index (χ2n) is 3.83. The van der Waals surface area contributed by atoms with Crippen molar-refractivity contribution < 1.29 is 4.39 Å². The van der Waals surface area contributed by atoms with Crippen LogP contribution in [0.1, 0.15) is 16.5 Å². The Morgan fingerprint density at radius 3 is 2.47 bits per heavy atom. The van der Waals surface area contributed by atoms with Crippen LogP contribution in [0.2, 0.25) is 0 Å². The van der Waals surface area contributed by atoms with E-state index in [9.17, 15) is 4.39 Å². The largest absolute Gasteiger partial charge is 0.206 e. The molecular weight excluding hydrogens is 303 g/mol. The molecule has 2 aromatic carbocycles. The fourth-order valence-electron chi connectivity index (χ4n) is 1.65. The Balaban J connectivity index is 2.14. The van der Waals surface area contributed by atoms with Crippen molar-refractivity contribution in [3.63, 3.8) is 0 Å². The number of hydrogen-bond donors (Lipinski definition) is 0. The van der Waals surface area contributed by atoms with Crippen molar-refractivity contribution >= 4 is 27.5 Å². The molecule has 17 heavy (non-hydrogen) atoms. The van der Waals surface area contributed by atoms with E-state index in [0.29, 0.717) is 10.9 Å². The highest BCUT2D eigenvalue weighted by Gasteiger charge is 2.10. The lowest BCUT2D eigenvalue weighted by Crippen LogP contribution is -1.96. The maximum Gasteiger partial charge on any atom is 0.137 e. The lowest BCUT2D eigenvalue weighted by molar-refractivity contribution is 0.618. The molecule has 3 heteroatoms. The molecule has 0 bridgehead atoms. The van der Waals surface area contributed by atoms with E-state index < -0.39 is 0 Å². The molecule has 88 valence electrons. The number of rotatable bonds is 3. The van der Waals surface area contributed by atoms with Gasteiger partial charge in [0.1, 0.15) is 5.82 Å². The van der Waals surface area contributed by atoms with E-state index in [1.165, 1.54) is 6.07 Å². The van der Waals surface area contributed by atoms with Gasteiger partial charge in [-0.25, -0.2) is 4.39 Å². The monoisotopic (exact) mass is 312 g/mol. The van der Waals surface area contributed by atoms with Crippen molar-refractivity contribution in [3.05, 3.63) is 69.9 Å². The summed E-state index contributed by atoms with van der Waals surface area (Å²) in [5.74, 6) is -0.277. The molecular formula is C14H11BrClF. The van der Waals surface area contributed by atoms with Crippen molar-refractivity contribution in [2.45, 2.75) is 11.8 Å². The second-order valence-corrected chi connectivity index (χ2v) is 5.21. The molecule has 2 rings (SSSR count). The minimum atomic E-state index is -0.277. The van der Waals surface area contributed by atoms with E-state index in [-0.39, 0.29) is 11.2 Å². The first-order valence-corrected chi connectivity index (χ1v) is 6.52. The summed E-state index contributed by atoms with van der Waals surface area (Å²) in [6.07, 6.45) is 0.698. The van der Waals surface area contributed by atoms with Crippen LogP contribution in [0.5, 0.6) is 0 Å². The van der Waals surface area contributed by atoms with Gasteiger partial charge in [0.2, 0.25) is 0 Å². The molecule has 0 aliphatic rings. The SMILES string of the molecule is Fc1cc(C(Cl)Cc2ccccc2)ccc1Br. The van der Waals surface area contributed by atoms with Crippen molar-refractivity contribution in [3.8, 4) is 0 Å². The Labute approximate surface area is 114 Å². The molecule has 0 spiro atoms. The zero-order valence-electron chi connectivity index (χ0n) is 9.04. The number of hydrogen-bond acceptors (Lipinski definition) is 0. The molecule has 0 N–H and O–H groups in total. The molecule has 0 nitrogen and oxygen atoms in total. The first kappa shape index (κ1) is 12.6. The number of alkyl halides is 1. The van der Waals surface area contributed by atoms with Crippen LogP contribution in [0, 0.1) is 5.82 Å². The molecule has 0 saturated heterocycles. The number of halogens is 3. The van der Waals surface area contributed by atoms with Crippen molar-refractivity contribution in [1.29, 1.82) is 0 Å². The zero-order chi connectivity index (χ0) is 12.3. The fourth-order valence-corrected chi connectivity index (χ4v) is 2.21. The summed E-state index contributed by atoms with van der Waals surface area (Å²) in [7, 11) is 0. The summed E-state index contributed by atoms with van der Waals surface area (Å²) in [6.45, 7) is 0. The normalized spacial score (nSPS) is 12.4. The van der Waals surface area contributed by atoms with Gasteiger partial charge in [-0.15, -0.1) is 11.6 Å². The topological polar surface area (TPSA) is 0 Å². The van der Waals surface area contributed by atoms with Crippen LogP contribution in [-0.2, 0) is 6.42 Å². The van der Waals surface area contributed by atoms with Crippen molar-refractivity contribution in [1.82, 2.24) is 0 Å². The van der Waals surface area contributed by atoms with Gasteiger partial charge in [0, 0.05) is 0 Å². The van der Waals surface area contributed by atoms with E-state index in [1.807, 2.05) is 36.4 Å². The summed E-state index contributed by atoms with van der Waals surface area (Å²) >= 11 is 9.41. The van der Waals surface area contributed by atoms with E-state index in [4.69, 9.17) is 11.6 Å². The van der Waals surface area contributed by atoms with Gasteiger partial charge in [-0.05, 0) is 45.6 Å². The Bertz CT molecular complexity index is 499. The van der Waals surface area contributed by atoms with E-state index in [0.717, 1.165) is 11.1 Å². The van der Waals surface area contributed by atoms with Gasteiger partial charge in [-0.1, -0.05) is 36.4 Å². The predicted molar refractivity (Wildman–Crippen MR) is 72.8 cm³/mol. The molecule has 0 amide bonds. The summed E-state index contributed by atoms with van der Waals surface area (Å²) in [6, 6.07) is 15.0. The summed E-state index contributed by atoms with van der Waals surface area (Å²) < 4.78 is 13.8. The van der Waals surface area contributed by atoms with Gasteiger partial charge in [0.25, 0.3) is 0 Å². The van der Waals surface area contributed by atoms with Crippen LogP contribution in [0.25, 0.3) is 0 Å². The Morgan fingerprint density at radius 1 is 1.12 bits per heavy atom. The minimum absolute atomic E-state index is 0.208. The third kappa shape index (κ3) is 3.30. The van der Waals surface area contributed by atoms with Crippen LogP contribution >= 0.6 is 27.5 Å². The molecule has 0 fully saturated rings. The van der Waals surface area contributed by atoms with Gasteiger partial charge in [0.15, 0.2) is 0 Å². The van der Waals surface area contributed by atoms with Crippen LogP contribution in [0.4, 0.5) is 4.39 Å². The standard InChI is InChI=1S/C14H11BrClF/c15-12-7-6-11(9-14(12)17)13(16)8-10-4-2-1-3-5-10/h1-7,9,13H,8H2. The van der Waals surface area contributed by atoms with E-state index >= 15 is 0 Å². The van der Waals surface area contributed by atoms with Gasteiger partial charge in [0.05, 0.1) is 9.85 Å². The summed E-state index contributed by atoms with van der Waals surface area (Å²) in [4.78, 5) is 0. The fraction of sp³-hybridized carbons (Fsp3) is 0.143. The third-order valence-corrected chi connectivity index (χ3v) is 3.61. The minimum Gasteiger partial charge on any atom is -0.206 e. The lowest BCUT2D eigenvalue weighted by Gasteiger charge is -2.10. The smallest absolute Gasteiger partial charge is 0.137 e. The lowest BCUT2D eigenvalue weighted by atomic mass is 10.0. The van der Waals surface area contributed by atoms with Crippen molar-refractivity contribution in [2.24, 2.45) is 0 Å². The molecule has 0 heterocycles. The predicted octanol–water partition coefficient (Wildman–Crippen LogP) is 5.11. The third-order valence-electron chi connectivity index (χ3n) is 2.56. The number of benzene rings is 2. The first-order chi connectivity index (χ1) is 8.16. The van der Waals surface area contributed by atoms with E-state index in [2.05, 4.69) is 15.9 Å². The molecule has 1 atom stereocenters. The summed E-state index contributed by atoms with van der Waals surface area (Å²) in [5, 5.41) is -0.208. The highest BCUT2D eigenvalue weighted by Crippen LogP contribution is 2.27. The molecule has 0 saturated carbocycles. The average molecular weight is 314 g/mol. The van der Waals surface area contributed by atoms with E-state index in [1.54, 1.807) is 6.07 Å². The highest BCUT2D eigenvalue weighted by atomic mass is 79.9.